The summed E-state index contributed by atoms with van der Waals surface area (Å²) in [6.45, 7) is 15.6. The van der Waals surface area contributed by atoms with Crippen LogP contribution < -0.4 is 5.73 Å². The summed E-state index contributed by atoms with van der Waals surface area (Å²) in [7, 11) is 0. The number of piperidine rings is 1. The molecule has 2 fully saturated rings. The molecule has 1 aliphatic heterocycles. The van der Waals surface area contributed by atoms with E-state index in [1.54, 1.807) is 0 Å². The van der Waals surface area contributed by atoms with Gasteiger partial charge in [-0.05, 0) is 38.1 Å². The molecule has 2 rings (SSSR count). The highest BCUT2D eigenvalue weighted by molar-refractivity contribution is 5.15. The minimum Gasteiger partial charge on any atom is -0.378 e. The Morgan fingerprint density at radius 1 is 1.26 bits per heavy atom. The Labute approximate surface area is 118 Å². The number of hydrogen-bond donors (Lipinski definition) is 1. The molecule has 0 bridgehead atoms. The van der Waals surface area contributed by atoms with Gasteiger partial charge in [-0.1, -0.05) is 27.7 Å². The fraction of sp³-hybridized carbons (Fsp3) is 1.00. The first-order valence-corrected chi connectivity index (χ1v) is 7.93. The fourth-order valence-electron chi connectivity index (χ4n) is 3.67. The van der Waals surface area contributed by atoms with Gasteiger partial charge in [-0.25, -0.2) is 0 Å². The third kappa shape index (κ3) is 2.70. The van der Waals surface area contributed by atoms with E-state index in [2.05, 4.69) is 39.5 Å². The van der Waals surface area contributed by atoms with Crippen molar-refractivity contribution in [2.24, 2.45) is 23.0 Å². The lowest BCUT2D eigenvalue weighted by Gasteiger charge is -2.61. The molecule has 1 saturated heterocycles. The molecular weight excluding hydrogens is 236 g/mol. The Morgan fingerprint density at radius 2 is 1.95 bits per heavy atom. The zero-order valence-electron chi connectivity index (χ0n) is 13.4. The molecule has 4 unspecified atom stereocenters. The Kier molecular flexibility index (Phi) is 4.29. The van der Waals surface area contributed by atoms with Crippen LogP contribution in [0.2, 0.25) is 0 Å². The van der Waals surface area contributed by atoms with Crippen molar-refractivity contribution in [3.05, 3.63) is 0 Å². The molecule has 3 heteroatoms. The van der Waals surface area contributed by atoms with Crippen molar-refractivity contribution in [3.8, 4) is 0 Å². The summed E-state index contributed by atoms with van der Waals surface area (Å²) in [5.41, 5.74) is 6.71. The van der Waals surface area contributed by atoms with Crippen molar-refractivity contribution in [2.75, 3.05) is 26.2 Å². The molecule has 3 nitrogen and oxygen atoms in total. The van der Waals surface area contributed by atoms with Crippen LogP contribution in [0.1, 0.15) is 47.5 Å². The van der Waals surface area contributed by atoms with Crippen LogP contribution in [0.15, 0.2) is 0 Å². The van der Waals surface area contributed by atoms with Crippen molar-refractivity contribution < 1.29 is 4.74 Å². The van der Waals surface area contributed by atoms with Gasteiger partial charge >= 0.3 is 0 Å². The summed E-state index contributed by atoms with van der Waals surface area (Å²) in [5.74, 6) is 1.65. The predicted octanol–water partition coefficient (Wildman–Crippen LogP) is 2.50. The van der Waals surface area contributed by atoms with Gasteiger partial charge in [0.1, 0.15) is 0 Å². The molecule has 0 radical (unpaired) electrons. The summed E-state index contributed by atoms with van der Waals surface area (Å²) in [5, 5.41) is 0. The summed E-state index contributed by atoms with van der Waals surface area (Å²) >= 11 is 0. The highest BCUT2D eigenvalue weighted by Crippen LogP contribution is 2.50. The van der Waals surface area contributed by atoms with Gasteiger partial charge < -0.3 is 15.4 Å². The van der Waals surface area contributed by atoms with Crippen LogP contribution in [0.3, 0.4) is 0 Å². The second-order valence-corrected chi connectivity index (χ2v) is 7.50. The Balaban J connectivity index is 1.93. The lowest BCUT2D eigenvalue weighted by molar-refractivity contribution is -0.158. The number of likely N-dealkylation sites (tertiary alicyclic amines) is 1. The van der Waals surface area contributed by atoms with E-state index in [-0.39, 0.29) is 11.0 Å². The van der Waals surface area contributed by atoms with Crippen LogP contribution in [-0.4, -0.2) is 42.8 Å². The molecule has 1 heterocycles. The minimum atomic E-state index is -0.0763. The molecule has 1 saturated carbocycles. The Bertz CT molecular complexity index is 318. The molecule has 19 heavy (non-hydrogen) atoms. The molecule has 112 valence electrons. The molecule has 2 N–H and O–H groups in total. The molecule has 0 amide bonds. The van der Waals surface area contributed by atoms with Gasteiger partial charge in [-0.3, -0.25) is 0 Å². The highest BCUT2D eigenvalue weighted by atomic mass is 16.5. The largest absolute Gasteiger partial charge is 0.378 e. The summed E-state index contributed by atoms with van der Waals surface area (Å²) < 4.78 is 5.82. The lowest BCUT2D eigenvalue weighted by Crippen LogP contribution is -2.74. The van der Waals surface area contributed by atoms with Crippen LogP contribution in [0.25, 0.3) is 0 Å². The molecule has 0 aromatic rings. The molecule has 0 spiro atoms. The average Bonchev–Trinajstić information content (AvgIpc) is 2.33. The number of ether oxygens (including phenoxy) is 1. The van der Waals surface area contributed by atoms with Crippen LogP contribution in [0.4, 0.5) is 0 Å². The van der Waals surface area contributed by atoms with Crippen molar-refractivity contribution in [1.29, 1.82) is 0 Å². The van der Waals surface area contributed by atoms with Crippen molar-refractivity contribution in [2.45, 2.75) is 59.1 Å². The molecular formula is C16H32N2O. The molecule has 1 aliphatic carbocycles. The van der Waals surface area contributed by atoms with Crippen LogP contribution in [-0.2, 0) is 4.74 Å². The average molecular weight is 268 g/mol. The highest BCUT2D eigenvalue weighted by Gasteiger charge is 2.58. The SMILES string of the molecule is CCOC1CC(N)(CN2CCC(C)C(C)C2)C1(C)C. The van der Waals surface area contributed by atoms with E-state index in [0.29, 0.717) is 6.10 Å². The summed E-state index contributed by atoms with van der Waals surface area (Å²) in [4.78, 5) is 2.58. The first-order valence-electron chi connectivity index (χ1n) is 7.93. The van der Waals surface area contributed by atoms with Crippen molar-refractivity contribution in [1.82, 2.24) is 4.90 Å². The van der Waals surface area contributed by atoms with E-state index in [0.717, 1.165) is 31.4 Å². The summed E-state index contributed by atoms with van der Waals surface area (Å²) in [6, 6.07) is 0. The number of nitrogens with zero attached hydrogens (tertiary/aromatic N) is 1. The maximum Gasteiger partial charge on any atom is 0.0662 e. The monoisotopic (exact) mass is 268 g/mol. The van der Waals surface area contributed by atoms with Crippen LogP contribution in [0.5, 0.6) is 0 Å². The first-order chi connectivity index (χ1) is 8.80. The topological polar surface area (TPSA) is 38.5 Å². The third-order valence-electron chi connectivity index (χ3n) is 5.93. The molecule has 0 aromatic heterocycles. The lowest BCUT2D eigenvalue weighted by atomic mass is 9.54. The van der Waals surface area contributed by atoms with Gasteiger partial charge in [-0.2, -0.15) is 0 Å². The second kappa shape index (κ2) is 5.34. The zero-order valence-corrected chi connectivity index (χ0v) is 13.4. The Morgan fingerprint density at radius 3 is 2.47 bits per heavy atom. The predicted molar refractivity (Wildman–Crippen MR) is 80.1 cm³/mol. The quantitative estimate of drug-likeness (QED) is 0.851. The number of rotatable bonds is 4. The molecule has 2 aliphatic rings. The Hall–Kier alpha value is -0.120. The minimum absolute atomic E-state index is 0.0763. The molecule has 0 aromatic carbocycles. The fourth-order valence-corrected chi connectivity index (χ4v) is 3.67. The van der Waals surface area contributed by atoms with Gasteiger partial charge in [0.05, 0.1) is 6.10 Å². The van der Waals surface area contributed by atoms with E-state index in [1.807, 2.05) is 0 Å². The van der Waals surface area contributed by atoms with Gasteiger partial charge in [-0.15, -0.1) is 0 Å². The first kappa shape index (κ1) is 15.3. The second-order valence-electron chi connectivity index (χ2n) is 7.50. The normalized spacial score (nSPS) is 42.9. The van der Waals surface area contributed by atoms with Gasteiger partial charge in [0, 0.05) is 30.7 Å². The van der Waals surface area contributed by atoms with Crippen molar-refractivity contribution in [3.63, 3.8) is 0 Å². The maximum atomic E-state index is 6.69. The smallest absolute Gasteiger partial charge is 0.0662 e. The number of hydrogen-bond acceptors (Lipinski definition) is 3. The molecule has 4 atom stereocenters. The van der Waals surface area contributed by atoms with E-state index in [4.69, 9.17) is 10.5 Å². The van der Waals surface area contributed by atoms with E-state index in [9.17, 15) is 0 Å². The third-order valence-corrected chi connectivity index (χ3v) is 5.93. The maximum absolute atomic E-state index is 6.69. The zero-order chi connectivity index (χ0) is 14.3. The van der Waals surface area contributed by atoms with Gasteiger partial charge in [0.15, 0.2) is 0 Å². The van der Waals surface area contributed by atoms with Crippen LogP contribution >= 0.6 is 0 Å². The van der Waals surface area contributed by atoms with Gasteiger partial charge in [0.25, 0.3) is 0 Å². The summed E-state index contributed by atoms with van der Waals surface area (Å²) in [6.07, 6.45) is 2.66. The van der Waals surface area contributed by atoms with E-state index >= 15 is 0 Å². The van der Waals surface area contributed by atoms with Crippen molar-refractivity contribution >= 4 is 0 Å². The standard InChI is InChI=1S/C16H32N2O/c1-6-19-14-9-16(17,15(14,4)5)11-18-8-7-12(2)13(3)10-18/h12-14H,6-11,17H2,1-5H3. The van der Waals surface area contributed by atoms with E-state index in [1.165, 1.54) is 19.5 Å². The van der Waals surface area contributed by atoms with E-state index < -0.39 is 0 Å². The van der Waals surface area contributed by atoms with Crippen LogP contribution in [0, 0.1) is 17.3 Å². The number of nitrogens with two attached hydrogens (primary N) is 1. The van der Waals surface area contributed by atoms with Gasteiger partial charge in [0.2, 0.25) is 0 Å².